The highest BCUT2D eigenvalue weighted by Gasteiger charge is 2.29. The summed E-state index contributed by atoms with van der Waals surface area (Å²) < 4.78 is 0. The third-order valence-electron chi connectivity index (χ3n) is 4.24. The highest BCUT2D eigenvalue weighted by atomic mass is 16.4. The lowest BCUT2D eigenvalue weighted by atomic mass is 9.88. The van der Waals surface area contributed by atoms with Crippen molar-refractivity contribution < 1.29 is 20.1 Å². The van der Waals surface area contributed by atoms with Gasteiger partial charge >= 0.3 is 5.97 Å². The molecule has 0 heterocycles. The van der Waals surface area contributed by atoms with Gasteiger partial charge in [0.25, 0.3) is 0 Å². The van der Waals surface area contributed by atoms with Crippen molar-refractivity contribution in [3.05, 3.63) is 60.3 Å². The number of rotatable bonds is 16. The van der Waals surface area contributed by atoms with Gasteiger partial charge in [0, 0.05) is 6.61 Å². The zero-order valence-electron chi connectivity index (χ0n) is 17.5. The molecule has 4 nitrogen and oxygen atoms in total. The fourth-order valence-electron chi connectivity index (χ4n) is 2.74. The van der Waals surface area contributed by atoms with Crippen LogP contribution in [0.3, 0.4) is 0 Å². The molecule has 1 unspecified atom stereocenters. The van der Waals surface area contributed by atoms with E-state index in [-0.39, 0.29) is 13.0 Å². The van der Waals surface area contributed by atoms with Crippen LogP contribution < -0.4 is 0 Å². The van der Waals surface area contributed by atoms with Crippen molar-refractivity contribution in [3.8, 4) is 0 Å². The first-order valence-corrected chi connectivity index (χ1v) is 10.4. The molecule has 0 spiro atoms. The first-order valence-electron chi connectivity index (χ1n) is 10.4. The minimum Gasteiger partial charge on any atom is -0.481 e. The number of carboxylic acids is 1. The summed E-state index contributed by atoms with van der Waals surface area (Å²) in [6.45, 7) is 3.93. The van der Waals surface area contributed by atoms with Crippen LogP contribution in [0.1, 0.15) is 65.2 Å². The van der Waals surface area contributed by atoms with Crippen LogP contribution in [0, 0.1) is 5.92 Å². The predicted octanol–water partition coefficient (Wildman–Crippen LogP) is 5.35. The van der Waals surface area contributed by atoms with E-state index in [4.69, 9.17) is 5.11 Å². The van der Waals surface area contributed by atoms with Crippen LogP contribution in [0.4, 0.5) is 0 Å². The summed E-state index contributed by atoms with van der Waals surface area (Å²) >= 11 is 0. The van der Waals surface area contributed by atoms with Crippen molar-refractivity contribution in [2.45, 2.75) is 71.3 Å². The summed E-state index contributed by atoms with van der Waals surface area (Å²) in [5.41, 5.74) is 0.707. The number of unbranched alkanes of at least 4 members (excludes halogenated alkanes) is 1. The maximum absolute atomic E-state index is 11.6. The number of aliphatic hydroxyl groups excluding tert-OH is 2. The lowest BCUT2D eigenvalue weighted by Crippen LogP contribution is -2.30. The Morgan fingerprint density at radius 1 is 0.893 bits per heavy atom. The van der Waals surface area contributed by atoms with Crippen LogP contribution in [0.5, 0.6) is 0 Å². The summed E-state index contributed by atoms with van der Waals surface area (Å²) in [4.78, 5) is 11.6. The number of hydrogen-bond acceptors (Lipinski definition) is 3. The maximum Gasteiger partial charge on any atom is 0.313 e. The van der Waals surface area contributed by atoms with Crippen molar-refractivity contribution in [1.82, 2.24) is 0 Å². The second kappa shape index (κ2) is 18.5. The largest absolute Gasteiger partial charge is 0.481 e. The molecule has 4 heteroatoms. The van der Waals surface area contributed by atoms with Gasteiger partial charge in [0.1, 0.15) is 5.92 Å². The van der Waals surface area contributed by atoms with Crippen molar-refractivity contribution in [2.24, 2.45) is 5.92 Å². The van der Waals surface area contributed by atoms with Gasteiger partial charge in [0.05, 0.1) is 6.10 Å². The molecule has 0 rings (SSSR count). The molecule has 0 aliphatic carbocycles. The summed E-state index contributed by atoms with van der Waals surface area (Å²) in [6.07, 6.45) is 23.6. The van der Waals surface area contributed by atoms with Crippen molar-refractivity contribution in [3.63, 3.8) is 0 Å². The maximum atomic E-state index is 11.6. The average molecular weight is 391 g/mol. The number of hydrogen-bond donors (Lipinski definition) is 3. The summed E-state index contributed by atoms with van der Waals surface area (Å²) in [5.74, 6) is -2.01. The number of aliphatic carboxylic acids is 1. The van der Waals surface area contributed by atoms with E-state index in [9.17, 15) is 15.0 Å². The number of carboxylic acid groups (broad SMARTS) is 1. The number of allylic oxidation sites excluding steroid dienone is 9. The highest BCUT2D eigenvalue weighted by Crippen LogP contribution is 2.23. The lowest BCUT2D eigenvalue weighted by Gasteiger charge is -2.21. The van der Waals surface area contributed by atoms with E-state index in [1.165, 1.54) is 0 Å². The van der Waals surface area contributed by atoms with Crippen LogP contribution in [0.15, 0.2) is 60.3 Å². The first kappa shape index (κ1) is 26.1. The molecule has 0 aliphatic rings. The van der Waals surface area contributed by atoms with Crippen molar-refractivity contribution in [1.29, 1.82) is 0 Å². The molecule has 158 valence electrons. The van der Waals surface area contributed by atoms with Gasteiger partial charge in [0.15, 0.2) is 0 Å². The molecule has 0 fully saturated rings. The fourth-order valence-corrected chi connectivity index (χ4v) is 2.74. The fraction of sp³-hybridized carbons (Fsp3) is 0.542. The Labute approximate surface area is 170 Å². The zero-order valence-corrected chi connectivity index (χ0v) is 17.5. The molecule has 0 aliphatic heterocycles. The molecule has 0 aromatic carbocycles. The van der Waals surface area contributed by atoms with Gasteiger partial charge in [-0.3, -0.25) is 4.79 Å². The molecule has 2 atom stereocenters. The Bertz CT molecular complexity index is 541. The molecule has 0 aromatic heterocycles. The Morgan fingerprint density at radius 3 is 1.89 bits per heavy atom. The minimum atomic E-state index is -1.07. The van der Waals surface area contributed by atoms with Gasteiger partial charge in [-0.2, -0.15) is 0 Å². The molecule has 0 bridgehead atoms. The van der Waals surface area contributed by atoms with E-state index in [1.807, 2.05) is 25.2 Å². The second-order valence-corrected chi connectivity index (χ2v) is 6.67. The SMILES string of the molecule is CCC=CCC=CCC=CCC=CCC(=CCCC)C(C(=O)O)[C@H](O)CCO. The van der Waals surface area contributed by atoms with Gasteiger partial charge < -0.3 is 15.3 Å². The molecule has 0 saturated carbocycles. The van der Waals surface area contributed by atoms with E-state index in [0.717, 1.165) is 38.5 Å². The van der Waals surface area contributed by atoms with E-state index < -0.39 is 18.0 Å². The Balaban J connectivity index is 4.56. The minimum absolute atomic E-state index is 0.0641. The molecule has 0 aromatic rings. The molecular weight excluding hydrogens is 352 g/mol. The standard InChI is InChI=1S/C24H38O4/c1-3-5-7-8-9-10-11-12-13-14-15-16-18-21(17-6-4-2)23(24(27)28)22(26)19-20-25/h5,7,9-10,12-13,15-17,22-23,25-26H,3-4,6,8,11,14,18-20H2,1-2H3,(H,27,28)/t22-,23?/m1/s1. The summed E-state index contributed by atoms with van der Waals surface area (Å²) in [7, 11) is 0. The number of aliphatic hydroxyl groups is 2. The van der Waals surface area contributed by atoms with Crippen LogP contribution in [-0.2, 0) is 4.79 Å². The zero-order chi connectivity index (χ0) is 21.0. The summed E-state index contributed by atoms with van der Waals surface area (Å²) in [5, 5.41) is 28.6. The first-order chi connectivity index (χ1) is 13.6. The van der Waals surface area contributed by atoms with Gasteiger partial charge in [-0.1, -0.05) is 80.5 Å². The van der Waals surface area contributed by atoms with E-state index in [0.29, 0.717) is 12.0 Å². The second-order valence-electron chi connectivity index (χ2n) is 6.67. The van der Waals surface area contributed by atoms with Crippen LogP contribution in [0.2, 0.25) is 0 Å². The van der Waals surface area contributed by atoms with Gasteiger partial charge in [-0.25, -0.2) is 0 Å². The molecule has 28 heavy (non-hydrogen) atoms. The Hall–Kier alpha value is -1.91. The molecule has 0 saturated heterocycles. The van der Waals surface area contributed by atoms with Gasteiger partial charge in [-0.15, -0.1) is 0 Å². The predicted molar refractivity (Wildman–Crippen MR) is 117 cm³/mol. The van der Waals surface area contributed by atoms with Crippen LogP contribution in [-0.4, -0.2) is 34.0 Å². The average Bonchev–Trinajstić information content (AvgIpc) is 2.66. The van der Waals surface area contributed by atoms with E-state index >= 15 is 0 Å². The smallest absolute Gasteiger partial charge is 0.313 e. The third kappa shape index (κ3) is 13.3. The molecular formula is C24H38O4. The van der Waals surface area contributed by atoms with E-state index in [2.05, 4.69) is 43.4 Å². The third-order valence-corrected chi connectivity index (χ3v) is 4.24. The van der Waals surface area contributed by atoms with E-state index in [1.54, 1.807) is 0 Å². The Kier molecular flexibility index (Phi) is 17.2. The topological polar surface area (TPSA) is 77.8 Å². The number of carbonyl (C=O) groups is 1. The molecule has 0 amide bonds. The van der Waals surface area contributed by atoms with Crippen molar-refractivity contribution >= 4 is 5.97 Å². The normalized spacial score (nSPS) is 15.4. The molecule has 0 radical (unpaired) electrons. The quantitative estimate of drug-likeness (QED) is 0.310. The summed E-state index contributed by atoms with van der Waals surface area (Å²) in [6, 6.07) is 0. The van der Waals surface area contributed by atoms with Crippen LogP contribution in [0.25, 0.3) is 0 Å². The monoisotopic (exact) mass is 390 g/mol. The van der Waals surface area contributed by atoms with Gasteiger partial charge in [-0.05, 0) is 44.9 Å². The lowest BCUT2D eigenvalue weighted by molar-refractivity contribution is -0.144. The Morgan fingerprint density at radius 2 is 1.43 bits per heavy atom. The van der Waals surface area contributed by atoms with Gasteiger partial charge in [0.2, 0.25) is 0 Å². The molecule has 3 N–H and O–H groups in total. The van der Waals surface area contributed by atoms with Crippen molar-refractivity contribution in [2.75, 3.05) is 6.61 Å². The highest BCUT2D eigenvalue weighted by molar-refractivity contribution is 5.74. The van der Waals surface area contributed by atoms with Crippen LogP contribution >= 0.6 is 0 Å².